The van der Waals surface area contributed by atoms with Crippen LogP contribution in [0.4, 0.5) is 16.2 Å². The van der Waals surface area contributed by atoms with Crippen LogP contribution in [0.25, 0.3) is 0 Å². The van der Waals surface area contributed by atoms with Crippen LogP contribution in [0.1, 0.15) is 22.8 Å². The van der Waals surface area contributed by atoms with Crippen LogP contribution >= 0.6 is 0 Å². The lowest BCUT2D eigenvalue weighted by molar-refractivity contribution is -0.118. The average molecular weight is 354 g/mol. The van der Waals surface area contributed by atoms with Gasteiger partial charge in [-0.2, -0.15) is 0 Å². The van der Waals surface area contributed by atoms with Crippen molar-refractivity contribution in [2.75, 3.05) is 23.7 Å². The van der Waals surface area contributed by atoms with E-state index in [1.54, 1.807) is 49.4 Å². The summed E-state index contributed by atoms with van der Waals surface area (Å²) >= 11 is 0. The zero-order valence-electron chi connectivity index (χ0n) is 14.8. The highest BCUT2D eigenvalue weighted by Gasteiger charge is 2.11. The van der Waals surface area contributed by atoms with Crippen molar-refractivity contribution in [1.29, 1.82) is 0 Å². The van der Waals surface area contributed by atoms with E-state index >= 15 is 0 Å². The predicted octanol–water partition coefficient (Wildman–Crippen LogP) is 2.50. The maximum atomic E-state index is 12.3. The molecule has 4 N–H and O–H groups in total. The summed E-state index contributed by atoms with van der Waals surface area (Å²) in [7, 11) is 0. The number of carbonyl (C=O) groups is 3. The summed E-state index contributed by atoms with van der Waals surface area (Å²) < 4.78 is 0. The second-order valence-electron chi connectivity index (χ2n) is 5.56. The largest absolute Gasteiger partial charge is 0.376 e. The quantitative estimate of drug-likeness (QED) is 0.640. The van der Waals surface area contributed by atoms with Crippen molar-refractivity contribution in [1.82, 2.24) is 10.6 Å². The zero-order chi connectivity index (χ0) is 18.9. The summed E-state index contributed by atoms with van der Waals surface area (Å²) in [5, 5.41) is 10.5. The van der Waals surface area contributed by atoms with Crippen LogP contribution in [0, 0.1) is 6.92 Å². The van der Waals surface area contributed by atoms with Gasteiger partial charge in [0.05, 0.1) is 6.54 Å². The molecule has 0 fully saturated rings. The molecule has 0 aliphatic carbocycles. The maximum absolute atomic E-state index is 12.3. The van der Waals surface area contributed by atoms with Crippen molar-refractivity contribution in [3.63, 3.8) is 0 Å². The molecule has 0 spiro atoms. The Morgan fingerprint density at radius 2 is 1.62 bits per heavy atom. The molecular weight excluding hydrogens is 332 g/mol. The second-order valence-corrected chi connectivity index (χ2v) is 5.56. The van der Waals surface area contributed by atoms with E-state index in [0.29, 0.717) is 23.5 Å². The summed E-state index contributed by atoms with van der Waals surface area (Å²) in [6, 6.07) is 13.7. The average Bonchev–Trinajstić information content (AvgIpc) is 2.63. The number of anilines is 2. The smallest absolute Gasteiger partial charge is 0.321 e. The number of carbonyl (C=O) groups excluding carboxylic acids is 3. The first kappa shape index (κ1) is 19.0. The summed E-state index contributed by atoms with van der Waals surface area (Å²) in [6.45, 7) is 3.98. The van der Waals surface area contributed by atoms with E-state index in [1.807, 2.05) is 13.0 Å². The topological polar surface area (TPSA) is 99.3 Å². The Hall–Kier alpha value is -3.35. The van der Waals surface area contributed by atoms with Gasteiger partial charge < -0.3 is 16.0 Å². The molecular formula is C19H22N4O3. The lowest BCUT2D eigenvalue weighted by Crippen LogP contribution is -2.41. The molecule has 0 aromatic heterocycles. The molecule has 7 nitrogen and oxygen atoms in total. The minimum Gasteiger partial charge on any atom is -0.376 e. The number of benzene rings is 2. The van der Waals surface area contributed by atoms with Crippen LogP contribution in [0.15, 0.2) is 48.5 Å². The van der Waals surface area contributed by atoms with Gasteiger partial charge in [0.25, 0.3) is 5.91 Å². The standard InChI is InChI=1S/C19H22N4O3/c1-3-20-19(26)23-17(24)12-21-15-10-7-11-16(13(15)2)22-18(25)14-8-5-4-6-9-14/h4-11,21H,3,12H2,1-2H3,(H,22,25)(H2,20,23,24,26). The van der Waals surface area contributed by atoms with Crippen LogP contribution in [0.3, 0.4) is 0 Å². The molecule has 0 atom stereocenters. The Kier molecular flexibility index (Phi) is 6.73. The van der Waals surface area contributed by atoms with E-state index in [4.69, 9.17) is 0 Å². The van der Waals surface area contributed by atoms with Gasteiger partial charge in [-0.25, -0.2) is 4.79 Å². The SMILES string of the molecule is CCNC(=O)NC(=O)CNc1cccc(NC(=O)c2ccccc2)c1C. The zero-order valence-corrected chi connectivity index (χ0v) is 14.8. The minimum atomic E-state index is -0.528. The maximum Gasteiger partial charge on any atom is 0.321 e. The molecule has 26 heavy (non-hydrogen) atoms. The normalized spacial score (nSPS) is 9.92. The molecule has 0 heterocycles. The molecule has 2 aromatic carbocycles. The third-order valence-electron chi connectivity index (χ3n) is 3.65. The van der Waals surface area contributed by atoms with Crippen LogP contribution in [-0.4, -0.2) is 30.9 Å². The first-order chi connectivity index (χ1) is 12.5. The van der Waals surface area contributed by atoms with Crippen LogP contribution in [0.2, 0.25) is 0 Å². The Balaban J connectivity index is 1.99. The highest BCUT2D eigenvalue weighted by Crippen LogP contribution is 2.23. The molecule has 2 aromatic rings. The molecule has 0 saturated heterocycles. The molecule has 136 valence electrons. The number of urea groups is 1. The fourth-order valence-electron chi connectivity index (χ4n) is 2.30. The Labute approximate surface area is 152 Å². The lowest BCUT2D eigenvalue weighted by atomic mass is 10.1. The van der Waals surface area contributed by atoms with E-state index < -0.39 is 11.9 Å². The Morgan fingerprint density at radius 3 is 2.31 bits per heavy atom. The van der Waals surface area contributed by atoms with Crippen LogP contribution in [-0.2, 0) is 4.79 Å². The van der Waals surface area contributed by atoms with Crippen molar-refractivity contribution in [2.24, 2.45) is 0 Å². The van der Waals surface area contributed by atoms with Gasteiger partial charge in [0.2, 0.25) is 5.91 Å². The van der Waals surface area contributed by atoms with Gasteiger partial charge in [0.15, 0.2) is 0 Å². The van der Waals surface area contributed by atoms with E-state index in [1.165, 1.54) is 0 Å². The van der Waals surface area contributed by atoms with Crippen molar-refractivity contribution >= 4 is 29.2 Å². The number of amides is 4. The Bertz CT molecular complexity index is 791. The molecule has 0 aliphatic rings. The highest BCUT2D eigenvalue weighted by molar-refractivity contribution is 6.05. The third-order valence-corrected chi connectivity index (χ3v) is 3.65. The number of imide groups is 1. The van der Waals surface area contributed by atoms with E-state index in [2.05, 4.69) is 21.3 Å². The number of hydrogen-bond donors (Lipinski definition) is 4. The van der Waals surface area contributed by atoms with E-state index in [0.717, 1.165) is 5.56 Å². The van der Waals surface area contributed by atoms with Gasteiger partial charge in [-0.05, 0) is 43.7 Å². The van der Waals surface area contributed by atoms with Crippen molar-refractivity contribution < 1.29 is 14.4 Å². The van der Waals surface area contributed by atoms with Gasteiger partial charge >= 0.3 is 6.03 Å². The molecule has 0 saturated carbocycles. The highest BCUT2D eigenvalue weighted by atomic mass is 16.2. The lowest BCUT2D eigenvalue weighted by Gasteiger charge is -2.14. The predicted molar refractivity (Wildman–Crippen MR) is 101 cm³/mol. The van der Waals surface area contributed by atoms with Crippen molar-refractivity contribution in [3.8, 4) is 0 Å². The number of rotatable bonds is 6. The minimum absolute atomic E-state index is 0.0614. The summed E-state index contributed by atoms with van der Waals surface area (Å²) in [4.78, 5) is 35.4. The van der Waals surface area contributed by atoms with Gasteiger partial charge in [-0.3, -0.25) is 14.9 Å². The van der Waals surface area contributed by atoms with Crippen LogP contribution in [0.5, 0.6) is 0 Å². The Morgan fingerprint density at radius 1 is 0.923 bits per heavy atom. The first-order valence-electron chi connectivity index (χ1n) is 8.28. The van der Waals surface area contributed by atoms with E-state index in [-0.39, 0.29) is 12.5 Å². The third kappa shape index (κ3) is 5.34. The summed E-state index contributed by atoms with van der Waals surface area (Å²) in [5.41, 5.74) is 2.70. The first-order valence-corrected chi connectivity index (χ1v) is 8.28. The molecule has 0 aliphatic heterocycles. The second kappa shape index (κ2) is 9.22. The van der Waals surface area contributed by atoms with Crippen molar-refractivity contribution in [2.45, 2.75) is 13.8 Å². The van der Waals surface area contributed by atoms with Gasteiger partial charge in [-0.1, -0.05) is 24.3 Å². The molecule has 0 unspecified atom stereocenters. The van der Waals surface area contributed by atoms with Crippen LogP contribution < -0.4 is 21.3 Å². The van der Waals surface area contributed by atoms with Gasteiger partial charge in [0.1, 0.15) is 0 Å². The molecule has 4 amide bonds. The summed E-state index contributed by atoms with van der Waals surface area (Å²) in [5.74, 6) is -0.658. The fraction of sp³-hybridized carbons (Fsp3) is 0.211. The molecule has 2 rings (SSSR count). The summed E-state index contributed by atoms with van der Waals surface area (Å²) in [6.07, 6.45) is 0. The number of hydrogen-bond acceptors (Lipinski definition) is 4. The monoisotopic (exact) mass is 354 g/mol. The van der Waals surface area contributed by atoms with Gasteiger partial charge in [0, 0.05) is 23.5 Å². The van der Waals surface area contributed by atoms with E-state index in [9.17, 15) is 14.4 Å². The van der Waals surface area contributed by atoms with Crippen molar-refractivity contribution in [3.05, 3.63) is 59.7 Å². The fourth-order valence-corrected chi connectivity index (χ4v) is 2.30. The molecule has 0 bridgehead atoms. The molecule has 7 heteroatoms. The van der Waals surface area contributed by atoms with Gasteiger partial charge in [-0.15, -0.1) is 0 Å². The number of nitrogens with one attached hydrogen (secondary N) is 4. The molecule has 0 radical (unpaired) electrons.